The van der Waals surface area contributed by atoms with Crippen LogP contribution in [0.4, 0.5) is 0 Å². The molecule has 0 fully saturated rings. The van der Waals surface area contributed by atoms with Gasteiger partial charge < -0.3 is 0 Å². The minimum absolute atomic E-state index is 0.0965. The number of hydrogen-bond acceptors (Lipinski definition) is 0. The van der Waals surface area contributed by atoms with Crippen molar-refractivity contribution in [1.29, 1.82) is 0 Å². The van der Waals surface area contributed by atoms with Crippen molar-refractivity contribution in [3.05, 3.63) is 54.6 Å². The summed E-state index contributed by atoms with van der Waals surface area (Å²) < 4.78 is 0. The molecule has 0 amide bonds. The van der Waals surface area contributed by atoms with Crippen molar-refractivity contribution >= 4 is 13.2 Å². The second-order valence-corrected chi connectivity index (χ2v) is 9.69. The van der Waals surface area contributed by atoms with Crippen LogP contribution in [0.1, 0.15) is 53.4 Å². The first-order chi connectivity index (χ1) is 11.2. The van der Waals surface area contributed by atoms with Crippen LogP contribution >= 0.6 is 7.92 Å². The predicted octanol–water partition coefficient (Wildman–Crippen LogP) is 6.84. The van der Waals surface area contributed by atoms with Gasteiger partial charge in [0.05, 0.1) is 0 Å². The summed E-state index contributed by atoms with van der Waals surface area (Å²) in [6.07, 6.45) is 5.26. The quantitative estimate of drug-likeness (QED) is 0.466. The molecule has 1 heteroatoms. The monoisotopic (exact) mass is 326 g/mol. The van der Waals surface area contributed by atoms with Gasteiger partial charge in [0.25, 0.3) is 0 Å². The average molecular weight is 326 g/mol. The SMILES string of the molecule is CCCC(C)P(c1cccc(-c2ccccc2)c1)C(C)CCC. The van der Waals surface area contributed by atoms with E-state index in [4.69, 9.17) is 0 Å². The summed E-state index contributed by atoms with van der Waals surface area (Å²) in [6.45, 7) is 9.57. The van der Waals surface area contributed by atoms with Gasteiger partial charge >= 0.3 is 0 Å². The highest BCUT2D eigenvalue weighted by atomic mass is 31.1. The van der Waals surface area contributed by atoms with Crippen molar-refractivity contribution in [3.8, 4) is 11.1 Å². The fraction of sp³-hybridized carbons (Fsp3) is 0.455. The normalized spacial score (nSPS) is 15.1. The standard InChI is InChI=1S/C22H31P/c1-5-11-18(3)23(19(4)12-6-2)22-16-10-15-21(17-22)20-13-8-7-9-14-20/h7-10,13-19H,5-6,11-12H2,1-4H3. The molecular weight excluding hydrogens is 295 g/mol. The van der Waals surface area contributed by atoms with Crippen LogP contribution in [-0.2, 0) is 0 Å². The molecule has 0 nitrogen and oxygen atoms in total. The Morgan fingerprint density at radius 3 is 1.87 bits per heavy atom. The van der Waals surface area contributed by atoms with Gasteiger partial charge in [0, 0.05) is 0 Å². The third-order valence-corrected chi connectivity index (χ3v) is 7.90. The van der Waals surface area contributed by atoms with E-state index < -0.39 is 0 Å². The Bertz CT molecular complexity index is 564. The molecule has 0 aliphatic rings. The van der Waals surface area contributed by atoms with Crippen LogP contribution in [0.3, 0.4) is 0 Å². The largest absolute Gasteiger partial charge is 0.0695 e. The third kappa shape index (κ3) is 4.92. The van der Waals surface area contributed by atoms with Crippen molar-refractivity contribution in [2.45, 2.75) is 64.7 Å². The van der Waals surface area contributed by atoms with Crippen molar-refractivity contribution in [3.63, 3.8) is 0 Å². The molecule has 0 heterocycles. The van der Waals surface area contributed by atoms with Gasteiger partial charge in [-0.05, 0) is 46.7 Å². The van der Waals surface area contributed by atoms with Crippen molar-refractivity contribution in [1.82, 2.24) is 0 Å². The molecule has 23 heavy (non-hydrogen) atoms. The Morgan fingerprint density at radius 1 is 0.739 bits per heavy atom. The fourth-order valence-corrected chi connectivity index (χ4v) is 7.04. The van der Waals surface area contributed by atoms with Crippen LogP contribution in [0.15, 0.2) is 54.6 Å². The first kappa shape index (κ1) is 18.2. The summed E-state index contributed by atoms with van der Waals surface area (Å²) in [5.74, 6) is 0. The van der Waals surface area contributed by atoms with Crippen molar-refractivity contribution < 1.29 is 0 Å². The number of hydrogen-bond donors (Lipinski definition) is 0. The molecule has 0 bridgehead atoms. The second-order valence-electron chi connectivity index (χ2n) is 6.60. The van der Waals surface area contributed by atoms with Gasteiger partial charge in [-0.3, -0.25) is 0 Å². The van der Waals surface area contributed by atoms with E-state index in [-0.39, 0.29) is 7.92 Å². The van der Waals surface area contributed by atoms with Crippen LogP contribution in [0.5, 0.6) is 0 Å². The number of benzene rings is 2. The molecule has 0 saturated carbocycles. The maximum absolute atomic E-state index is 2.47. The molecule has 0 aromatic heterocycles. The van der Waals surface area contributed by atoms with Crippen LogP contribution in [0, 0.1) is 0 Å². The van der Waals surface area contributed by atoms with Gasteiger partial charge in [0.2, 0.25) is 0 Å². The zero-order chi connectivity index (χ0) is 16.7. The summed E-state index contributed by atoms with van der Waals surface area (Å²) in [5.41, 5.74) is 4.31. The molecule has 2 atom stereocenters. The van der Waals surface area contributed by atoms with Gasteiger partial charge in [-0.2, -0.15) is 0 Å². The Balaban J connectivity index is 2.34. The highest BCUT2D eigenvalue weighted by Gasteiger charge is 2.24. The zero-order valence-electron chi connectivity index (χ0n) is 15.1. The average Bonchev–Trinajstić information content (AvgIpc) is 2.57. The summed E-state index contributed by atoms with van der Waals surface area (Å²) in [6, 6.07) is 20.1. The maximum atomic E-state index is 2.47. The predicted molar refractivity (Wildman–Crippen MR) is 107 cm³/mol. The molecule has 2 unspecified atom stereocenters. The zero-order valence-corrected chi connectivity index (χ0v) is 16.0. The Morgan fingerprint density at radius 2 is 1.30 bits per heavy atom. The molecule has 0 N–H and O–H groups in total. The molecular formula is C22H31P. The van der Waals surface area contributed by atoms with Gasteiger partial charge in [0.15, 0.2) is 0 Å². The van der Waals surface area contributed by atoms with Crippen LogP contribution in [0.2, 0.25) is 0 Å². The van der Waals surface area contributed by atoms with E-state index in [0.717, 1.165) is 11.3 Å². The number of rotatable bonds is 8. The minimum Gasteiger partial charge on any atom is -0.0695 e. The molecule has 0 saturated heterocycles. The smallest absolute Gasteiger partial charge is 0.0178 e. The van der Waals surface area contributed by atoms with Gasteiger partial charge in [-0.1, -0.05) is 97.0 Å². The Hall–Kier alpha value is -1.13. The van der Waals surface area contributed by atoms with Gasteiger partial charge in [-0.25, -0.2) is 0 Å². The third-order valence-electron chi connectivity index (χ3n) is 4.61. The highest BCUT2D eigenvalue weighted by molar-refractivity contribution is 7.67. The van der Waals surface area contributed by atoms with E-state index in [1.807, 2.05) is 0 Å². The van der Waals surface area contributed by atoms with Crippen molar-refractivity contribution in [2.24, 2.45) is 0 Å². The van der Waals surface area contributed by atoms with Gasteiger partial charge in [-0.15, -0.1) is 0 Å². The summed E-state index contributed by atoms with van der Waals surface area (Å²) in [7, 11) is -0.0965. The molecule has 0 radical (unpaired) electrons. The molecule has 2 aromatic rings. The highest BCUT2D eigenvalue weighted by Crippen LogP contribution is 2.49. The molecule has 124 valence electrons. The van der Waals surface area contributed by atoms with E-state index in [1.165, 1.54) is 36.8 Å². The lowest BCUT2D eigenvalue weighted by atomic mass is 10.1. The fourth-order valence-electron chi connectivity index (χ4n) is 3.53. The summed E-state index contributed by atoms with van der Waals surface area (Å²) >= 11 is 0. The molecule has 2 aromatic carbocycles. The lowest BCUT2D eigenvalue weighted by Crippen LogP contribution is -2.19. The Kier molecular flexibility index (Phi) is 7.31. The van der Waals surface area contributed by atoms with Crippen molar-refractivity contribution in [2.75, 3.05) is 0 Å². The second kappa shape index (κ2) is 9.24. The molecule has 0 aliphatic carbocycles. The van der Waals surface area contributed by atoms with Crippen LogP contribution in [-0.4, -0.2) is 11.3 Å². The van der Waals surface area contributed by atoms with Gasteiger partial charge in [0.1, 0.15) is 0 Å². The minimum atomic E-state index is -0.0965. The topological polar surface area (TPSA) is 0 Å². The first-order valence-corrected chi connectivity index (χ1v) is 10.6. The lowest BCUT2D eigenvalue weighted by molar-refractivity contribution is 0.741. The molecule has 0 aliphatic heterocycles. The Labute approximate surface area is 144 Å². The summed E-state index contributed by atoms with van der Waals surface area (Å²) in [5, 5.41) is 1.59. The van der Waals surface area contributed by atoms with Crippen LogP contribution in [0.25, 0.3) is 11.1 Å². The maximum Gasteiger partial charge on any atom is -0.0178 e. The van der Waals surface area contributed by atoms with E-state index in [9.17, 15) is 0 Å². The van der Waals surface area contributed by atoms with E-state index in [1.54, 1.807) is 5.30 Å². The van der Waals surface area contributed by atoms with E-state index in [0.29, 0.717) is 0 Å². The molecule has 2 rings (SSSR count). The first-order valence-electron chi connectivity index (χ1n) is 9.11. The molecule has 0 spiro atoms. The van der Waals surface area contributed by atoms with E-state index in [2.05, 4.69) is 82.3 Å². The van der Waals surface area contributed by atoms with Crippen LogP contribution < -0.4 is 5.30 Å². The van der Waals surface area contributed by atoms with E-state index >= 15 is 0 Å². The summed E-state index contributed by atoms with van der Waals surface area (Å²) in [4.78, 5) is 0. The lowest BCUT2D eigenvalue weighted by Gasteiger charge is -2.31.